The lowest BCUT2D eigenvalue weighted by Gasteiger charge is -2.11. The SMILES string of the molecule is COc1cc(Cn2nnc3c(-c4cccs4)nc(N)nc32)ccc1NS(=O)(=O)O. The van der Waals surface area contributed by atoms with E-state index in [9.17, 15) is 8.42 Å². The third-order valence-electron chi connectivity index (χ3n) is 3.97. The molecule has 0 aliphatic carbocycles. The molecule has 4 aromatic rings. The number of methoxy groups -OCH3 is 1. The van der Waals surface area contributed by atoms with Crippen LogP contribution in [-0.2, 0) is 16.8 Å². The molecule has 3 aromatic heterocycles. The lowest BCUT2D eigenvalue weighted by atomic mass is 10.2. The molecular formula is C16H15N7O4S2. The first-order valence-corrected chi connectivity index (χ1v) is 10.5. The number of nitrogen functional groups attached to an aromatic ring is 1. The Bertz CT molecular complexity index is 1290. The quantitative estimate of drug-likeness (QED) is 0.385. The maximum Gasteiger partial charge on any atom is 0.357 e. The summed E-state index contributed by atoms with van der Waals surface area (Å²) in [7, 11) is -3.03. The van der Waals surface area contributed by atoms with Crippen molar-refractivity contribution in [1.29, 1.82) is 0 Å². The summed E-state index contributed by atoms with van der Waals surface area (Å²) < 4.78 is 39.8. The minimum Gasteiger partial charge on any atom is -0.495 e. The predicted molar refractivity (Wildman–Crippen MR) is 108 cm³/mol. The van der Waals surface area contributed by atoms with Crippen molar-refractivity contribution in [2.45, 2.75) is 6.54 Å². The van der Waals surface area contributed by atoms with Gasteiger partial charge in [-0.15, -0.1) is 16.4 Å². The van der Waals surface area contributed by atoms with E-state index in [1.165, 1.54) is 24.5 Å². The largest absolute Gasteiger partial charge is 0.495 e. The highest BCUT2D eigenvalue weighted by molar-refractivity contribution is 7.87. The number of hydrogen-bond acceptors (Lipinski definition) is 9. The molecule has 0 atom stereocenters. The summed E-state index contributed by atoms with van der Waals surface area (Å²) in [6.45, 7) is 0.277. The molecule has 0 radical (unpaired) electrons. The van der Waals surface area contributed by atoms with Crippen molar-refractivity contribution in [3.8, 4) is 16.3 Å². The highest BCUT2D eigenvalue weighted by atomic mass is 32.2. The Morgan fingerprint density at radius 2 is 2.14 bits per heavy atom. The van der Waals surface area contributed by atoms with Gasteiger partial charge in [0.2, 0.25) is 5.95 Å². The molecule has 0 aliphatic heterocycles. The highest BCUT2D eigenvalue weighted by Gasteiger charge is 2.17. The zero-order valence-corrected chi connectivity index (χ0v) is 16.6. The molecule has 13 heteroatoms. The standard InChI is InChI=1S/C16H15N7O4S2/c1-27-11-7-9(4-5-10(11)21-29(24,25)26)8-23-15-14(20-22-23)13(18-16(17)19-15)12-3-2-6-28-12/h2-7,21H,8H2,1H3,(H2,17,18,19)(H,24,25,26). The van der Waals surface area contributed by atoms with Gasteiger partial charge >= 0.3 is 10.3 Å². The smallest absolute Gasteiger partial charge is 0.357 e. The maximum absolute atomic E-state index is 11.1. The molecular weight excluding hydrogens is 418 g/mol. The number of rotatable bonds is 6. The highest BCUT2D eigenvalue weighted by Crippen LogP contribution is 2.30. The lowest BCUT2D eigenvalue weighted by molar-refractivity contribution is 0.415. The lowest BCUT2D eigenvalue weighted by Crippen LogP contribution is -2.11. The summed E-state index contributed by atoms with van der Waals surface area (Å²) in [4.78, 5) is 9.46. The minimum absolute atomic E-state index is 0.105. The molecule has 29 heavy (non-hydrogen) atoms. The number of nitrogens with two attached hydrogens (primary N) is 1. The van der Waals surface area contributed by atoms with Crippen LogP contribution in [0.5, 0.6) is 5.75 Å². The van der Waals surface area contributed by atoms with Gasteiger partial charge in [-0.3, -0.25) is 9.27 Å². The maximum atomic E-state index is 11.1. The van der Waals surface area contributed by atoms with Crippen LogP contribution in [0.3, 0.4) is 0 Å². The summed E-state index contributed by atoms with van der Waals surface area (Å²) in [6.07, 6.45) is 0. The molecule has 0 amide bonds. The van der Waals surface area contributed by atoms with Crippen LogP contribution in [0, 0.1) is 0 Å². The molecule has 4 N–H and O–H groups in total. The van der Waals surface area contributed by atoms with Gasteiger partial charge in [-0.2, -0.15) is 13.4 Å². The van der Waals surface area contributed by atoms with Crippen molar-refractivity contribution in [2.24, 2.45) is 0 Å². The van der Waals surface area contributed by atoms with E-state index in [2.05, 4.69) is 20.3 Å². The third kappa shape index (κ3) is 3.96. The van der Waals surface area contributed by atoms with Crippen molar-refractivity contribution < 1.29 is 17.7 Å². The molecule has 150 valence electrons. The van der Waals surface area contributed by atoms with Crippen LogP contribution in [0.15, 0.2) is 35.7 Å². The van der Waals surface area contributed by atoms with E-state index in [-0.39, 0.29) is 23.9 Å². The van der Waals surface area contributed by atoms with E-state index in [1.807, 2.05) is 22.2 Å². The third-order valence-corrected chi connectivity index (χ3v) is 5.33. The van der Waals surface area contributed by atoms with Gasteiger partial charge in [-0.1, -0.05) is 17.3 Å². The molecule has 3 heterocycles. The first-order chi connectivity index (χ1) is 13.8. The normalized spacial score (nSPS) is 11.7. The molecule has 0 fully saturated rings. The second-order valence-electron chi connectivity index (χ2n) is 5.94. The Morgan fingerprint density at radius 1 is 1.31 bits per heavy atom. The molecule has 0 bridgehead atoms. The number of ether oxygens (including phenoxy) is 1. The van der Waals surface area contributed by atoms with E-state index in [4.69, 9.17) is 15.0 Å². The zero-order chi connectivity index (χ0) is 20.6. The zero-order valence-electron chi connectivity index (χ0n) is 15.0. The van der Waals surface area contributed by atoms with Crippen LogP contribution < -0.4 is 15.2 Å². The number of hydrogen-bond donors (Lipinski definition) is 3. The van der Waals surface area contributed by atoms with Crippen LogP contribution in [0.2, 0.25) is 0 Å². The van der Waals surface area contributed by atoms with Crippen molar-refractivity contribution >= 4 is 44.4 Å². The van der Waals surface area contributed by atoms with Gasteiger partial charge in [-0.05, 0) is 29.1 Å². The number of nitrogens with zero attached hydrogens (tertiary/aromatic N) is 5. The summed E-state index contributed by atoms with van der Waals surface area (Å²) in [6, 6.07) is 8.57. The van der Waals surface area contributed by atoms with Gasteiger partial charge in [0.1, 0.15) is 11.4 Å². The van der Waals surface area contributed by atoms with Crippen LogP contribution in [0.4, 0.5) is 11.6 Å². The van der Waals surface area contributed by atoms with Gasteiger partial charge in [-0.25, -0.2) is 9.67 Å². The molecule has 1 aromatic carbocycles. The van der Waals surface area contributed by atoms with Crippen LogP contribution in [0.25, 0.3) is 21.7 Å². The molecule has 4 rings (SSSR count). The van der Waals surface area contributed by atoms with Crippen molar-refractivity contribution in [3.63, 3.8) is 0 Å². The van der Waals surface area contributed by atoms with Gasteiger partial charge < -0.3 is 10.5 Å². The number of aromatic nitrogens is 5. The Balaban J connectivity index is 1.72. The number of fused-ring (bicyclic) bond motifs is 1. The van der Waals surface area contributed by atoms with E-state index in [1.54, 1.807) is 16.8 Å². The molecule has 0 spiro atoms. The fourth-order valence-corrected chi connectivity index (χ4v) is 3.96. The van der Waals surface area contributed by atoms with Crippen molar-refractivity contribution in [1.82, 2.24) is 25.0 Å². The number of thiophene rings is 1. The first-order valence-electron chi connectivity index (χ1n) is 8.17. The Morgan fingerprint density at radius 3 is 2.83 bits per heavy atom. The first kappa shape index (κ1) is 19.0. The average Bonchev–Trinajstić information content (AvgIpc) is 3.32. The second kappa shape index (κ2) is 7.27. The molecule has 0 saturated carbocycles. The number of nitrogens with one attached hydrogen (secondary N) is 1. The molecule has 11 nitrogen and oxygen atoms in total. The van der Waals surface area contributed by atoms with E-state index in [0.29, 0.717) is 16.9 Å². The average molecular weight is 433 g/mol. The van der Waals surface area contributed by atoms with Gasteiger partial charge in [0, 0.05) is 0 Å². The van der Waals surface area contributed by atoms with E-state index in [0.717, 1.165) is 10.4 Å². The van der Waals surface area contributed by atoms with Crippen LogP contribution in [0.1, 0.15) is 5.56 Å². The molecule has 0 unspecified atom stereocenters. The number of benzene rings is 1. The summed E-state index contributed by atoms with van der Waals surface area (Å²) in [5, 5.41) is 10.3. The summed E-state index contributed by atoms with van der Waals surface area (Å²) >= 11 is 1.51. The number of anilines is 2. The van der Waals surface area contributed by atoms with Crippen molar-refractivity contribution in [2.75, 3.05) is 17.6 Å². The molecule has 0 aliphatic rings. The van der Waals surface area contributed by atoms with Gasteiger partial charge in [0.05, 0.1) is 24.2 Å². The monoisotopic (exact) mass is 433 g/mol. The summed E-state index contributed by atoms with van der Waals surface area (Å²) in [5.74, 6) is 0.340. The Kier molecular flexibility index (Phi) is 4.77. The molecule has 0 saturated heterocycles. The van der Waals surface area contributed by atoms with E-state index < -0.39 is 10.3 Å². The minimum atomic E-state index is -4.42. The summed E-state index contributed by atoms with van der Waals surface area (Å²) in [5.41, 5.74) is 8.34. The van der Waals surface area contributed by atoms with Crippen LogP contribution in [-0.4, -0.2) is 45.0 Å². The van der Waals surface area contributed by atoms with E-state index >= 15 is 0 Å². The van der Waals surface area contributed by atoms with Gasteiger partial charge in [0.25, 0.3) is 0 Å². The topological polar surface area (TPSA) is 158 Å². The predicted octanol–water partition coefficient (Wildman–Crippen LogP) is 1.80. The fraction of sp³-hybridized carbons (Fsp3) is 0.125. The fourth-order valence-electron chi connectivity index (χ4n) is 2.79. The Labute approximate surface area is 169 Å². The Hall–Kier alpha value is -3.29. The van der Waals surface area contributed by atoms with Gasteiger partial charge in [0.15, 0.2) is 11.2 Å². The van der Waals surface area contributed by atoms with Crippen molar-refractivity contribution in [3.05, 3.63) is 41.3 Å². The second-order valence-corrected chi connectivity index (χ2v) is 8.04. The van der Waals surface area contributed by atoms with Crippen LogP contribution >= 0.6 is 11.3 Å².